The lowest BCUT2D eigenvalue weighted by Gasteiger charge is -2.04. The summed E-state index contributed by atoms with van der Waals surface area (Å²) in [5, 5.41) is 0. The van der Waals surface area contributed by atoms with Crippen LogP contribution in [0.3, 0.4) is 0 Å². The molecule has 0 spiro atoms. The van der Waals surface area contributed by atoms with Gasteiger partial charge in [0, 0.05) is 23.3 Å². The Kier molecular flexibility index (Phi) is 11.9. The Morgan fingerprint density at radius 2 is 1.08 bits per heavy atom. The van der Waals surface area contributed by atoms with Crippen molar-refractivity contribution in [1.82, 2.24) is 0 Å². The van der Waals surface area contributed by atoms with E-state index in [1.165, 1.54) is 14.2 Å². The Bertz CT molecular complexity index is 524. The quantitative estimate of drug-likeness (QED) is 0.222. The van der Waals surface area contributed by atoms with Gasteiger partial charge in [0.2, 0.25) is 0 Å². The van der Waals surface area contributed by atoms with Crippen LogP contribution < -0.4 is 0 Å². The van der Waals surface area contributed by atoms with Crippen molar-refractivity contribution in [3.05, 3.63) is 36.5 Å². The minimum absolute atomic E-state index is 0.0733. The fourth-order valence-electron chi connectivity index (χ4n) is 1.64. The number of methoxy groups -OCH3 is 2. The average Bonchev–Trinajstić information content (AvgIpc) is 2.64. The lowest BCUT2D eigenvalue weighted by molar-refractivity contribution is -0.140. The monoisotopic (exact) mass is 368 g/mol. The van der Waals surface area contributed by atoms with E-state index >= 15 is 0 Å². The number of hydrogen-bond donors (Lipinski definition) is 0. The number of esters is 4. The van der Waals surface area contributed by atoms with Crippen molar-refractivity contribution in [2.45, 2.75) is 25.7 Å². The zero-order valence-corrected chi connectivity index (χ0v) is 15.1. The normalized spacial score (nSPS) is 10.1. The van der Waals surface area contributed by atoms with Crippen LogP contribution in [-0.4, -0.2) is 51.3 Å². The summed E-state index contributed by atoms with van der Waals surface area (Å²) >= 11 is 0. The maximum absolute atomic E-state index is 11.4. The summed E-state index contributed by atoms with van der Waals surface area (Å²) < 4.78 is 18.7. The van der Waals surface area contributed by atoms with E-state index < -0.39 is 23.9 Å². The van der Waals surface area contributed by atoms with Gasteiger partial charge in [-0.2, -0.15) is 0 Å². The first-order valence-corrected chi connectivity index (χ1v) is 7.85. The second kappa shape index (κ2) is 13.4. The third kappa shape index (κ3) is 10.8. The first-order chi connectivity index (χ1) is 12.3. The largest absolute Gasteiger partial charge is 0.466 e. The van der Waals surface area contributed by atoms with Gasteiger partial charge in [0.25, 0.3) is 0 Å². The van der Waals surface area contributed by atoms with Crippen LogP contribution in [0.2, 0.25) is 0 Å². The summed E-state index contributed by atoms with van der Waals surface area (Å²) in [5.74, 6) is -2.42. The summed E-state index contributed by atoms with van der Waals surface area (Å²) in [5.41, 5.74) is 0.579. The molecule has 0 aromatic carbocycles. The minimum Gasteiger partial charge on any atom is -0.466 e. The second-order valence-corrected chi connectivity index (χ2v) is 5.07. The molecule has 0 unspecified atom stereocenters. The molecule has 0 atom stereocenters. The molecule has 0 saturated carbocycles. The van der Waals surface area contributed by atoms with Crippen molar-refractivity contribution in [3.8, 4) is 0 Å². The molecule has 0 bridgehead atoms. The zero-order chi connectivity index (χ0) is 19.9. The molecule has 0 saturated heterocycles. The van der Waals surface area contributed by atoms with E-state index in [4.69, 9.17) is 9.47 Å². The molecule has 144 valence electrons. The van der Waals surface area contributed by atoms with Gasteiger partial charge in [0.1, 0.15) is 0 Å². The topological polar surface area (TPSA) is 105 Å². The van der Waals surface area contributed by atoms with Crippen molar-refractivity contribution in [2.24, 2.45) is 0 Å². The molecule has 0 fully saturated rings. The van der Waals surface area contributed by atoms with Gasteiger partial charge >= 0.3 is 23.9 Å². The molecule has 0 radical (unpaired) electrons. The molecule has 0 amide bonds. The van der Waals surface area contributed by atoms with Gasteiger partial charge in [0.05, 0.1) is 27.4 Å². The molecule has 0 heterocycles. The summed E-state index contributed by atoms with van der Waals surface area (Å²) in [6.07, 6.45) is 3.38. The molecule has 0 rings (SSSR count). The molecule has 8 nitrogen and oxygen atoms in total. The number of rotatable bonds is 12. The lowest BCUT2D eigenvalue weighted by atomic mass is 10.2. The van der Waals surface area contributed by atoms with Crippen LogP contribution in [0.4, 0.5) is 0 Å². The average molecular weight is 368 g/mol. The van der Waals surface area contributed by atoms with Crippen LogP contribution in [0.15, 0.2) is 36.5 Å². The molecule has 0 aliphatic carbocycles. The van der Waals surface area contributed by atoms with E-state index in [2.05, 4.69) is 22.6 Å². The lowest BCUT2D eigenvalue weighted by Crippen LogP contribution is -2.08. The molecule has 0 aromatic rings. The van der Waals surface area contributed by atoms with Crippen molar-refractivity contribution in [1.29, 1.82) is 0 Å². The Hall–Kier alpha value is -2.90. The summed E-state index contributed by atoms with van der Waals surface area (Å²) in [6, 6.07) is 0. The fraction of sp³-hybridized carbons (Fsp3) is 0.444. The molecular formula is C18H24O8. The molecule has 8 heteroatoms. The smallest absolute Gasteiger partial charge is 0.333 e. The maximum atomic E-state index is 11.4. The van der Waals surface area contributed by atoms with Gasteiger partial charge in [-0.05, 0) is 25.7 Å². The number of carbonyl (C=O) groups excluding carboxylic acids is 4. The van der Waals surface area contributed by atoms with Gasteiger partial charge in [-0.3, -0.25) is 0 Å². The predicted octanol–water partition coefficient (Wildman–Crippen LogP) is 1.65. The third-order valence-electron chi connectivity index (χ3n) is 3.04. The highest BCUT2D eigenvalue weighted by molar-refractivity contribution is 5.91. The van der Waals surface area contributed by atoms with Crippen molar-refractivity contribution in [3.63, 3.8) is 0 Å². The Balaban J connectivity index is 3.87. The number of hydrogen-bond acceptors (Lipinski definition) is 8. The summed E-state index contributed by atoms with van der Waals surface area (Å²) in [6.45, 7) is 7.23. The third-order valence-corrected chi connectivity index (χ3v) is 3.04. The van der Waals surface area contributed by atoms with Crippen LogP contribution in [0, 0.1) is 0 Å². The zero-order valence-electron chi connectivity index (χ0n) is 15.1. The van der Waals surface area contributed by atoms with Crippen LogP contribution in [0.1, 0.15) is 25.7 Å². The number of ether oxygens (including phenoxy) is 4. The van der Waals surface area contributed by atoms with Crippen molar-refractivity contribution < 1.29 is 38.1 Å². The fourth-order valence-corrected chi connectivity index (χ4v) is 1.64. The predicted molar refractivity (Wildman–Crippen MR) is 91.8 cm³/mol. The van der Waals surface area contributed by atoms with Gasteiger partial charge in [-0.1, -0.05) is 13.2 Å². The minimum atomic E-state index is -0.704. The van der Waals surface area contributed by atoms with E-state index in [0.717, 1.165) is 12.2 Å². The Morgan fingerprint density at radius 1 is 0.731 bits per heavy atom. The van der Waals surface area contributed by atoms with Crippen LogP contribution in [-0.2, 0) is 38.1 Å². The van der Waals surface area contributed by atoms with Crippen molar-refractivity contribution in [2.75, 3.05) is 27.4 Å². The SMILES string of the molecule is C=C(CCCOC(=O)/C=C\C(=O)OCCCC(=C)C(=O)OC)C(=O)OC. The first-order valence-electron chi connectivity index (χ1n) is 7.85. The van der Waals surface area contributed by atoms with E-state index in [9.17, 15) is 19.2 Å². The second-order valence-electron chi connectivity index (χ2n) is 5.07. The first kappa shape index (κ1) is 23.1. The van der Waals surface area contributed by atoms with Crippen molar-refractivity contribution >= 4 is 23.9 Å². The molecule has 26 heavy (non-hydrogen) atoms. The van der Waals surface area contributed by atoms with E-state index in [1.54, 1.807) is 0 Å². The van der Waals surface area contributed by atoms with E-state index in [1.807, 2.05) is 0 Å². The summed E-state index contributed by atoms with van der Waals surface area (Å²) in [7, 11) is 2.51. The molecule has 0 aliphatic rings. The number of carbonyl (C=O) groups is 4. The molecule has 0 aliphatic heterocycles. The Morgan fingerprint density at radius 3 is 1.38 bits per heavy atom. The van der Waals surface area contributed by atoms with E-state index in [-0.39, 0.29) is 24.4 Å². The van der Waals surface area contributed by atoms with Gasteiger partial charge in [-0.15, -0.1) is 0 Å². The summed E-state index contributed by atoms with van der Waals surface area (Å²) in [4.78, 5) is 45.0. The van der Waals surface area contributed by atoms with Crippen LogP contribution >= 0.6 is 0 Å². The highest BCUT2D eigenvalue weighted by Crippen LogP contribution is 2.05. The maximum Gasteiger partial charge on any atom is 0.333 e. The highest BCUT2D eigenvalue weighted by Gasteiger charge is 2.08. The standard InChI is InChI=1S/C18H24O8/c1-13(17(21)23-3)7-5-11-25-15(19)9-10-16(20)26-12-6-8-14(2)18(22)24-4/h9-10H,1-2,5-8,11-12H2,3-4H3/b10-9-. The van der Waals surface area contributed by atoms with Crippen LogP contribution in [0.5, 0.6) is 0 Å². The molecular weight excluding hydrogens is 344 g/mol. The van der Waals surface area contributed by atoms with Gasteiger partial charge in [0.15, 0.2) is 0 Å². The Labute approximate surface area is 152 Å². The van der Waals surface area contributed by atoms with E-state index in [0.29, 0.717) is 25.7 Å². The highest BCUT2D eigenvalue weighted by atomic mass is 16.5. The van der Waals surface area contributed by atoms with Gasteiger partial charge in [-0.25, -0.2) is 19.2 Å². The van der Waals surface area contributed by atoms with Crippen LogP contribution in [0.25, 0.3) is 0 Å². The molecule has 0 N–H and O–H groups in total. The van der Waals surface area contributed by atoms with Gasteiger partial charge < -0.3 is 18.9 Å². The molecule has 0 aromatic heterocycles.